The highest BCUT2D eigenvalue weighted by molar-refractivity contribution is 5.80. The maximum absolute atomic E-state index is 11.8. The lowest BCUT2D eigenvalue weighted by molar-refractivity contribution is -0.129. The average molecular weight is 296 g/mol. The van der Waals surface area contributed by atoms with E-state index in [1.54, 1.807) is 0 Å². The van der Waals surface area contributed by atoms with E-state index in [1.165, 1.54) is 0 Å². The van der Waals surface area contributed by atoms with Gasteiger partial charge in [0.1, 0.15) is 0 Å². The third-order valence-electron chi connectivity index (χ3n) is 3.75. The Kier molecular flexibility index (Phi) is 8.16. The van der Waals surface area contributed by atoms with E-state index in [2.05, 4.69) is 48.2 Å². The molecule has 1 saturated heterocycles. The Morgan fingerprint density at radius 2 is 2.10 bits per heavy atom. The summed E-state index contributed by atoms with van der Waals surface area (Å²) >= 11 is 0. The van der Waals surface area contributed by atoms with Gasteiger partial charge in [0, 0.05) is 38.6 Å². The van der Waals surface area contributed by atoms with Crippen molar-refractivity contribution in [3.8, 4) is 0 Å². The zero-order valence-corrected chi connectivity index (χ0v) is 14.1. The molecule has 1 fully saturated rings. The fourth-order valence-electron chi connectivity index (χ4n) is 2.61. The number of nitrogens with one attached hydrogen (secondary N) is 2. The molecule has 0 aromatic carbocycles. The molecule has 2 N–H and O–H groups in total. The highest BCUT2D eigenvalue weighted by Crippen LogP contribution is 2.17. The van der Waals surface area contributed by atoms with Crippen LogP contribution < -0.4 is 10.6 Å². The Morgan fingerprint density at radius 3 is 2.62 bits per heavy atom. The summed E-state index contributed by atoms with van der Waals surface area (Å²) < 4.78 is 0. The van der Waals surface area contributed by atoms with Crippen molar-refractivity contribution in [2.75, 3.05) is 26.2 Å². The van der Waals surface area contributed by atoms with Gasteiger partial charge in [0.2, 0.25) is 5.91 Å². The summed E-state index contributed by atoms with van der Waals surface area (Å²) in [5.41, 5.74) is 0. The van der Waals surface area contributed by atoms with Crippen LogP contribution in [0.5, 0.6) is 0 Å². The van der Waals surface area contributed by atoms with E-state index >= 15 is 0 Å². The van der Waals surface area contributed by atoms with Crippen LogP contribution in [0.15, 0.2) is 4.99 Å². The molecule has 21 heavy (non-hydrogen) atoms. The smallest absolute Gasteiger partial charge is 0.222 e. The minimum atomic E-state index is 0.322. The summed E-state index contributed by atoms with van der Waals surface area (Å²) in [6.07, 6.45) is 3.74. The zero-order valence-electron chi connectivity index (χ0n) is 14.1. The maximum atomic E-state index is 11.8. The molecule has 0 bridgehead atoms. The molecule has 1 aliphatic rings. The number of amides is 1. The first-order valence-corrected chi connectivity index (χ1v) is 8.40. The molecular weight excluding hydrogens is 264 g/mol. The van der Waals surface area contributed by atoms with Crippen molar-refractivity contribution < 1.29 is 4.79 Å². The number of hydrogen-bond donors (Lipinski definition) is 2. The Bertz CT molecular complexity index is 341. The summed E-state index contributed by atoms with van der Waals surface area (Å²) in [4.78, 5) is 18.4. The van der Waals surface area contributed by atoms with Crippen molar-refractivity contribution >= 4 is 11.9 Å². The fraction of sp³-hybridized carbons (Fsp3) is 0.875. The molecule has 122 valence electrons. The van der Waals surface area contributed by atoms with Crippen LogP contribution in [0.4, 0.5) is 0 Å². The van der Waals surface area contributed by atoms with Crippen LogP contribution in [-0.2, 0) is 4.79 Å². The molecule has 1 atom stereocenters. The Balaban J connectivity index is 2.40. The van der Waals surface area contributed by atoms with E-state index in [9.17, 15) is 4.79 Å². The first kappa shape index (κ1) is 17.8. The molecule has 1 aliphatic heterocycles. The molecule has 5 heteroatoms. The van der Waals surface area contributed by atoms with Gasteiger partial charge in [-0.25, -0.2) is 0 Å². The minimum absolute atomic E-state index is 0.322. The van der Waals surface area contributed by atoms with Gasteiger partial charge < -0.3 is 15.5 Å². The van der Waals surface area contributed by atoms with Gasteiger partial charge >= 0.3 is 0 Å². The molecule has 1 rings (SSSR count). The number of hydrogen-bond acceptors (Lipinski definition) is 2. The van der Waals surface area contributed by atoms with E-state index in [4.69, 9.17) is 0 Å². The quantitative estimate of drug-likeness (QED) is 0.532. The summed E-state index contributed by atoms with van der Waals surface area (Å²) in [5.74, 6) is 1.77. The summed E-state index contributed by atoms with van der Waals surface area (Å²) in [6.45, 7) is 12.0. The van der Waals surface area contributed by atoms with Gasteiger partial charge in [-0.1, -0.05) is 20.8 Å². The second-order valence-electron chi connectivity index (χ2n) is 6.08. The number of carbonyl (C=O) groups is 1. The molecule has 5 nitrogen and oxygen atoms in total. The number of carbonyl (C=O) groups excluding carboxylic acids is 1. The summed E-state index contributed by atoms with van der Waals surface area (Å²) in [6, 6.07) is 0.362. The van der Waals surface area contributed by atoms with Crippen molar-refractivity contribution in [3.63, 3.8) is 0 Å². The molecule has 0 spiro atoms. The Hall–Kier alpha value is -1.26. The number of rotatable bonds is 8. The molecular formula is C16H32N4O. The van der Waals surface area contributed by atoms with Gasteiger partial charge in [0.15, 0.2) is 5.96 Å². The van der Waals surface area contributed by atoms with Crippen molar-refractivity contribution in [2.45, 2.75) is 59.4 Å². The topological polar surface area (TPSA) is 56.7 Å². The molecule has 1 amide bonds. The lowest BCUT2D eigenvalue weighted by atomic mass is 10.1. The largest absolute Gasteiger partial charge is 0.357 e. The first-order chi connectivity index (χ1) is 10.1. The van der Waals surface area contributed by atoms with Crippen molar-refractivity contribution in [1.29, 1.82) is 0 Å². The van der Waals surface area contributed by atoms with E-state index in [0.717, 1.165) is 57.8 Å². The molecule has 1 unspecified atom stereocenters. The first-order valence-electron chi connectivity index (χ1n) is 8.40. The predicted octanol–water partition coefficient (Wildman–Crippen LogP) is 1.99. The highest BCUT2D eigenvalue weighted by atomic mass is 16.2. The Labute approximate surface area is 129 Å². The zero-order chi connectivity index (χ0) is 15.7. The van der Waals surface area contributed by atoms with Gasteiger partial charge in [0.05, 0.1) is 0 Å². The van der Waals surface area contributed by atoms with E-state index in [-0.39, 0.29) is 0 Å². The second kappa shape index (κ2) is 9.64. The average Bonchev–Trinajstić information content (AvgIpc) is 2.87. The van der Waals surface area contributed by atoms with Crippen LogP contribution >= 0.6 is 0 Å². The van der Waals surface area contributed by atoms with E-state index < -0.39 is 0 Å². The molecule has 0 radical (unpaired) electrons. The van der Waals surface area contributed by atoms with Gasteiger partial charge in [0.25, 0.3) is 0 Å². The van der Waals surface area contributed by atoms with Gasteiger partial charge in [-0.3, -0.25) is 9.79 Å². The van der Waals surface area contributed by atoms with E-state index in [1.807, 2.05) is 0 Å². The van der Waals surface area contributed by atoms with Crippen LogP contribution in [0.25, 0.3) is 0 Å². The standard InChI is InChI=1S/C16H32N4O/c1-5-14(20-11-7-8-15(20)21)9-10-18-16(17-6-2)19-12-13(3)4/h13-14H,5-12H2,1-4H3,(H2,17,18,19). The van der Waals surface area contributed by atoms with Crippen LogP contribution in [-0.4, -0.2) is 49.0 Å². The maximum Gasteiger partial charge on any atom is 0.222 e. The van der Waals surface area contributed by atoms with Crippen LogP contribution in [0.3, 0.4) is 0 Å². The molecule has 0 saturated carbocycles. The molecule has 0 aromatic heterocycles. The molecule has 0 aliphatic carbocycles. The monoisotopic (exact) mass is 296 g/mol. The summed E-state index contributed by atoms with van der Waals surface area (Å²) in [7, 11) is 0. The Morgan fingerprint density at radius 1 is 1.33 bits per heavy atom. The van der Waals surface area contributed by atoms with Crippen molar-refractivity contribution in [1.82, 2.24) is 15.5 Å². The number of guanidine groups is 1. The van der Waals surface area contributed by atoms with Crippen LogP contribution in [0, 0.1) is 5.92 Å². The van der Waals surface area contributed by atoms with Crippen molar-refractivity contribution in [3.05, 3.63) is 0 Å². The molecule has 0 aromatic rings. The highest BCUT2D eigenvalue weighted by Gasteiger charge is 2.26. The van der Waals surface area contributed by atoms with Crippen molar-refractivity contribution in [2.24, 2.45) is 10.9 Å². The summed E-state index contributed by atoms with van der Waals surface area (Å²) in [5, 5.41) is 6.65. The van der Waals surface area contributed by atoms with Crippen LogP contribution in [0.2, 0.25) is 0 Å². The SMILES string of the molecule is CCNC(=NCC(C)C)NCCC(CC)N1CCCC1=O. The minimum Gasteiger partial charge on any atom is -0.357 e. The third kappa shape index (κ3) is 6.36. The fourth-order valence-corrected chi connectivity index (χ4v) is 2.61. The normalized spacial score (nSPS) is 17.5. The number of likely N-dealkylation sites (tertiary alicyclic amines) is 1. The predicted molar refractivity (Wildman–Crippen MR) is 88.5 cm³/mol. The van der Waals surface area contributed by atoms with Gasteiger partial charge in [-0.2, -0.15) is 0 Å². The van der Waals surface area contributed by atoms with E-state index in [0.29, 0.717) is 17.9 Å². The number of nitrogens with zero attached hydrogens (tertiary/aromatic N) is 2. The van der Waals surface area contributed by atoms with Gasteiger partial charge in [-0.05, 0) is 32.1 Å². The number of aliphatic imine (C=N–C) groups is 1. The molecule has 1 heterocycles. The van der Waals surface area contributed by atoms with Crippen LogP contribution in [0.1, 0.15) is 53.4 Å². The lowest BCUT2D eigenvalue weighted by Crippen LogP contribution is -2.42. The second-order valence-corrected chi connectivity index (χ2v) is 6.08. The third-order valence-corrected chi connectivity index (χ3v) is 3.75. The van der Waals surface area contributed by atoms with Gasteiger partial charge in [-0.15, -0.1) is 0 Å². The lowest BCUT2D eigenvalue weighted by Gasteiger charge is -2.27.